The number of fused-ring (bicyclic) bond motifs is 4. The molecule has 0 radical (unpaired) electrons. The van der Waals surface area contributed by atoms with Crippen molar-refractivity contribution in [1.82, 2.24) is 0 Å². The second kappa shape index (κ2) is 9.95. The molecule has 2 aliphatic carbocycles. The number of imide groups is 2. The Bertz CT molecular complexity index is 1870. The number of anilines is 2. The Morgan fingerprint density at radius 2 is 1.51 bits per heavy atom. The zero-order chi connectivity index (χ0) is 32.0. The van der Waals surface area contributed by atoms with Crippen LogP contribution in [0.3, 0.4) is 0 Å². The SMILES string of the molecule is O=C1C2CC=C3C(CC4(Cl)C(=O)N(c5ccc(F)cc5)C(=O)C4(Cl)C3c3cccc(O)c3)C2C(=O)N1c1ccc([N+](=O)[O-])cc1. The molecule has 3 aromatic carbocycles. The number of alkyl halides is 2. The van der Waals surface area contributed by atoms with Crippen LogP contribution in [0.25, 0.3) is 0 Å². The van der Waals surface area contributed by atoms with E-state index < -0.39 is 67.8 Å². The van der Waals surface area contributed by atoms with Crippen LogP contribution in [0.15, 0.2) is 84.4 Å². The van der Waals surface area contributed by atoms with Crippen LogP contribution < -0.4 is 9.80 Å². The third-order valence-corrected chi connectivity index (χ3v) is 10.8. The Morgan fingerprint density at radius 1 is 0.867 bits per heavy atom. The van der Waals surface area contributed by atoms with Gasteiger partial charge in [-0.15, -0.1) is 23.2 Å². The molecule has 45 heavy (non-hydrogen) atoms. The number of hydrogen-bond donors (Lipinski definition) is 1. The van der Waals surface area contributed by atoms with Crippen LogP contribution >= 0.6 is 23.2 Å². The van der Waals surface area contributed by atoms with Crippen molar-refractivity contribution in [3.05, 3.63) is 106 Å². The number of rotatable bonds is 4. The summed E-state index contributed by atoms with van der Waals surface area (Å²) in [4.78, 5) is 64.4. The minimum atomic E-state index is -2.12. The van der Waals surface area contributed by atoms with E-state index in [0.29, 0.717) is 11.1 Å². The maximum atomic E-state index is 14.3. The number of nitro groups is 1. The van der Waals surface area contributed by atoms with Crippen LogP contribution in [0.4, 0.5) is 21.5 Å². The second-order valence-electron chi connectivity index (χ2n) is 11.6. The summed E-state index contributed by atoms with van der Waals surface area (Å²) in [5.41, 5.74) is 0.908. The summed E-state index contributed by atoms with van der Waals surface area (Å²) in [7, 11) is 0. The fourth-order valence-corrected chi connectivity index (χ4v) is 8.39. The number of nitro benzene ring substituents is 1. The van der Waals surface area contributed by atoms with Gasteiger partial charge in [-0.25, -0.2) is 9.29 Å². The van der Waals surface area contributed by atoms with Crippen molar-refractivity contribution < 1.29 is 33.6 Å². The van der Waals surface area contributed by atoms with Gasteiger partial charge < -0.3 is 5.11 Å². The number of phenols is 1. The number of amides is 4. The fourth-order valence-electron chi connectivity index (χ4n) is 7.45. The molecule has 2 aliphatic heterocycles. The van der Waals surface area contributed by atoms with Crippen LogP contribution in [-0.4, -0.2) is 43.4 Å². The predicted molar refractivity (Wildman–Crippen MR) is 160 cm³/mol. The summed E-state index contributed by atoms with van der Waals surface area (Å²) >= 11 is 14.6. The summed E-state index contributed by atoms with van der Waals surface area (Å²) in [6.45, 7) is 0. The number of carbonyl (C=O) groups excluding carboxylic acids is 4. The molecule has 1 N–H and O–H groups in total. The van der Waals surface area contributed by atoms with Gasteiger partial charge in [-0.3, -0.25) is 34.2 Å². The van der Waals surface area contributed by atoms with Crippen molar-refractivity contribution in [1.29, 1.82) is 0 Å². The van der Waals surface area contributed by atoms with E-state index in [9.17, 15) is 38.8 Å². The van der Waals surface area contributed by atoms with Crippen molar-refractivity contribution in [3.8, 4) is 5.75 Å². The first-order valence-corrected chi connectivity index (χ1v) is 14.8. The molecule has 3 aromatic rings. The van der Waals surface area contributed by atoms with Crippen molar-refractivity contribution in [2.75, 3.05) is 9.80 Å². The van der Waals surface area contributed by atoms with Gasteiger partial charge in [0.05, 0.1) is 28.1 Å². The molecule has 4 amide bonds. The van der Waals surface area contributed by atoms with Crippen molar-refractivity contribution in [2.45, 2.75) is 28.5 Å². The zero-order valence-electron chi connectivity index (χ0n) is 23.1. The van der Waals surface area contributed by atoms with Crippen molar-refractivity contribution in [3.63, 3.8) is 0 Å². The third kappa shape index (κ3) is 3.93. The maximum absolute atomic E-state index is 14.3. The molecule has 0 bridgehead atoms. The topological polar surface area (TPSA) is 138 Å². The molecule has 2 saturated heterocycles. The van der Waals surface area contributed by atoms with E-state index in [2.05, 4.69) is 0 Å². The van der Waals surface area contributed by atoms with Crippen LogP contribution in [-0.2, 0) is 19.2 Å². The van der Waals surface area contributed by atoms with Gasteiger partial charge in [0, 0.05) is 18.1 Å². The minimum Gasteiger partial charge on any atom is -0.508 e. The summed E-state index contributed by atoms with van der Waals surface area (Å²) in [6.07, 6.45) is 1.60. The number of carbonyl (C=O) groups is 4. The number of phenolic OH excluding ortho intramolecular Hbond substituents is 1. The summed E-state index contributed by atoms with van der Waals surface area (Å²) in [5, 5.41) is 21.6. The highest BCUT2D eigenvalue weighted by Crippen LogP contribution is 2.66. The largest absolute Gasteiger partial charge is 0.508 e. The van der Waals surface area contributed by atoms with Crippen LogP contribution in [0.1, 0.15) is 24.3 Å². The Kier molecular flexibility index (Phi) is 6.44. The Labute approximate surface area is 264 Å². The maximum Gasteiger partial charge on any atom is 0.269 e. The van der Waals surface area contributed by atoms with Crippen LogP contribution in [0, 0.1) is 33.7 Å². The van der Waals surface area contributed by atoms with Gasteiger partial charge in [0.25, 0.3) is 17.5 Å². The van der Waals surface area contributed by atoms with E-state index in [4.69, 9.17) is 23.2 Å². The monoisotopic (exact) mass is 649 g/mol. The molecule has 6 unspecified atom stereocenters. The lowest BCUT2D eigenvalue weighted by Crippen LogP contribution is -2.60. The molecule has 4 aliphatic rings. The first-order chi connectivity index (χ1) is 21.4. The number of hydrogen-bond acceptors (Lipinski definition) is 7. The molecule has 1 saturated carbocycles. The molecule has 228 valence electrons. The quantitative estimate of drug-likeness (QED) is 0.135. The molecule has 6 atom stereocenters. The summed E-state index contributed by atoms with van der Waals surface area (Å²) in [6, 6.07) is 15.8. The van der Waals surface area contributed by atoms with Gasteiger partial charge in [0.2, 0.25) is 11.8 Å². The number of benzene rings is 3. The number of non-ortho nitro benzene ring substituents is 1. The average molecular weight is 650 g/mol. The molecule has 7 rings (SSSR count). The number of allylic oxidation sites excluding steroid dienone is 2. The smallest absolute Gasteiger partial charge is 0.269 e. The molecule has 2 heterocycles. The highest BCUT2D eigenvalue weighted by Gasteiger charge is 2.76. The van der Waals surface area contributed by atoms with Gasteiger partial charge in [0.1, 0.15) is 11.6 Å². The third-order valence-electron chi connectivity index (χ3n) is 9.42. The average Bonchev–Trinajstić information content (AvgIpc) is 3.35. The normalized spacial score (nSPS) is 30.6. The molecule has 13 heteroatoms. The first-order valence-electron chi connectivity index (χ1n) is 14.0. The van der Waals surface area contributed by atoms with Gasteiger partial charge in [-0.1, -0.05) is 23.8 Å². The van der Waals surface area contributed by atoms with E-state index in [1.54, 1.807) is 18.2 Å². The van der Waals surface area contributed by atoms with Gasteiger partial charge in [0.15, 0.2) is 9.75 Å². The van der Waals surface area contributed by atoms with Gasteiger partial charge in [-0.2, -0.15) is 0 Å². The van der Waals surface area contributed by atoms with Crippen LogP contribution in [0.5, 0.6) is 5.75 Å². The van der Waals surface area contributed by atoms with E-state index in [1.165, 1.54) is 48.5 Å². The zero-order valence-corrected chi connectivity index (χ0v) is 24.6. The molecule has 3 fully saturated rings. The highest BCUT2D eigenvalue weighted by atomic mass is 35.5. The molecular formula is C32H22Cl2FN3O7. The lowest BCUT2D eigenvalue weighted by atomic mass is 9.56. The lowest BCUT2D eigenvalue weighted by molar-refractivity contribution is -0.384. The lowest BCUT2D eigenvalue weighted by Gasteiger charge is -2.50. The minimum absolute atomic E-state index is 0.0572. The van der Waals surface area contributed by atoms with E-state index in [-0.39, 0.29) is 35.7 Å². The Morgan fingerprint density at radius 3 is 2.16 bits per heavy atom. The second-order valence-corrected chi connectivity index (χ2v) is 12.9. The number of nitrogens with zero attached hydrogens (tertiary/aromatic N) is 3. The predicted octanol–water partition coefficient (Wildman–Crippen LogP) is 5.21. The van der Waals surface area contributed by atoms with Crippen LogP contribution in [0.2, 0.25) is 0 Å². The molecule has 0 aromatic heterocycles. The highest BCUT2D eigenvalue weighted by molar-refractivity contribution is 6.58. The first kappa shape index (κ1) is 29.1. The Balaban J connectivity index is 1.36. The Hall–Kier alpha value is -4.61. The van der Waals surface area contributed by atoms with E-state index >= 15 is 0 Å². The standard InChI is InChI=1S/C32H22Cl2FN3O7/c33-31-15-24-22(12-13-23-25(24)28(41)36(27(23)40)18-8-10-20(11-9-18)38(44)45)26(16-2-1-3-21(39)14-16)32(31,34)30(43)37(29(31)42)19-6-4-17(35)5-7-19/h1-12,14,23-26,39H,13,15H2. The van der Waals surface area contributed by atoms with Gasteiger partial charge >= 0.3 is 0 Å². The number of halogens is 3. The van der Waals surface area contributed by atoms with Crippen molar-refractivity contribution in [2.24, 2.45) is 17.8 Å². The summed E-state index contributed by atoms with van der Waals surface area (Å²) in [5.74, 6) is -7.20. The molecular weight excluding hydrogens is 628 g/mol. The molecule has 0 spiro atoms. The summed E-state index contributed by atoms with van der Waals surface area (Å²) < 4.78 is 13.8. The molecule has 10 nitrogen and oxygen atoms in total. The fraction of sp³-hybridized carbons (Fsp3) is 0.250. The number of aromatic hydroxyl groups is 1. The van der Waals surface area contributed by atoms with E-state index in [1.807, 2.05) is 0 Å². The van der Waals surface area contributed by atoms with Crippen molar-refractivity contribution >= 4 is 63.9 Å². The van der Waals surface area contributed by atoms with Gasteiger partial charge in [-0.05, 0) is 72.9 Å². The van der Waals surface area contributed by atoms with E-state index in [0.717, 1.165) is 21.9 Å².